The van der Waals surface area contributed by atoms with Gasteiger partial charge < -0.3 is 5.32 Å². The largest absolute Gasteiger partial charge is 0.345 e. The Balaban J connectivity index is 3.03. The van der Waals surface area contributed by atoms with E-state index in [1.807, 2.05) is 6.92 Å². The first-order valence-electron chi connectivity index (χ1n) is 2.94. The second-order valence-corrected chi connectivity index (χ2v) is 1.94. The van der Waals surface area contributed by atoms with E-state index in [1.54, 1.807) is 6.41 Å². The molecule has 1 amide bonds. The number of hydrogen-bond acceptors (Lipinski definition) is 1. The van der Waals surface area contributed by atoms with Gasteiger partial charge in [-0.15, -0.1) is 0 Å². The maximum absolute atomic E-state index is 9.65. The molecule has 2 heteroatoms. The Kier molecular flexibility index (Phi) is 4.32. The average Bonchev–Trinajstić information content (AvgIpc) is 1.68. The zero-order valence-electron chi connectivity index (χ0n) is 5.40. The molecular formula is C6H12NO. The molecule has 1 N–H and O–H groups in total. The van der Waals surface area contributed by atoms with E-state index in [4.69, 9.17) is 0 Å². The molecule has 1 radical (unpaired) electrons. The van der Waals surface area contributed by atoms with E-state index in [9.17, 15) is 4.79 Å². The Morgan fingerprint density at radius 2 is 2.38 bits per heavy atom. The van der Waals surface area contributed by atoms with E-state index < -0.39 is 0 Å². The summed E-state index contributed by atoms with van der Waals surface area (Å²) in [5.74, 6) is 0. The van der Waals surface area contributed by atoms with E-state index >= 15 is 0 Å². The highest BCUT2D eigenvalue weighted by Crippen LogP contribution is 1.91. The van der Waals surface area contributed by atoms with Crippen LogP contribution in [-0.2, 0) is 4.79 Å². The minimum atomic E-state index is 0.289. The molecule has 0 aromatic rings. The number of amides is 1. The lowest BCUT2D eigenvalue weighted by molar-refractivity contribution is 0.513. The predicted molar refractivity (Wildman–Crippen MR) is 33.2 cm³/mol. The van der Waals surface area contributed by atoms with Crippen LogP contribution in [0.25, 0.3) is 0 Å². The van der Waals surface area contributed by atoms with Crippen molar-refractivity contribution >= 4 is 6.41 Å². The van der Waals surface area contributed by atoms with Crippen molar-refractivity contribution in [3.05, 3.63) is 0 Å². The summed E-state index contributed by atoms with van der Waals surface area (Å²) in [6.07, 6.45) is 3.80. The smallest absolute Gasteiger partial charge is 0.309 e. The molecule has 0 aliphatic carbocycles. The number of carbonyl (C=O) groups excluding carboxylic acids is 1. The summed E-state index contributed by atoms with van der Waals surface area (Å²) in [6.45, 7) is 4.05. The molecule has 0 saturated heterocycles. The fourth-order valence-electron chi connectivity index (χ4n) is 0.606. The van der Waals surface area contributed by atoms with E-state index in [1.165, 1.54) is 0 Å². The van der Waals surface area contributed by atoms with Crippen molar-refractivity contribution in [2.75, 3.05) is 0 Å². The minimum Gasteiger partial charge on any atom is -0.345 e. The van der Waals surface area contributed by atoms with Gasteiger partial charge in [-0.05, 0) is 13.3 Å². The van der Waals surface area contributed by atoms with E-state index in [2.05, 4.69) is 12.2 Å². The molecular weight excluding hydrogens is 102 g/mol. The predicted octanol–water partition coefficient (Wildman–Crippen LogP) is 0.832. The highest BCUT2D eigenvalue weighted by Gasteiger charge is 1.94. The molecule has 0 saturated carbocycles. The van der Waals surface area contributed by atoms with Gasteiger partial charge in [0.1, 0.15) is 0 Å². The summed E-state index contributed by atoms with van der Waals surface area (Å²) < 4.78 is 0. The van der Waals surface area contributed by atoms with Gasteiger partial charge in [0, 0.05) is 6.04 Å². The van der Waals surface area contributed by atoms with Gasteiger partial charge in [-0.1, -0.05) is 13.3 Å². The van der Waals surface area contributed by atoms with Crippen molar-refractivity contribution in [3.63, 3.8) is 0 Å². The fraction of sp³-hybridized carbons (Fsp3) is 0.833. The number of rotatable bonds is 4. The molecule has 0 spiro atoms. The summed E-state index contributed by atoms with van der Waals surface area (Å²) >= 11 is 0. The number of nitrogens with one attached hydrogen (secondary N) is 1. The van der Waals surface area contributed by atoms with Gasteiger partial charge in [0.2, 0.25) is 0 Å². The van der Waals surface area contributed by atoms with Crippen molar-refractivity contribution in [1.82, 2.24) is 5.32 Å². The Hall–Kier alpha value is -0.530. The number of hydrogen-bond donors (Lipinski definition) is 1. The summed E-state index contributed by atoms with van der Waals surface area (Å²) in [7, 11) is 0. The van der Waals surface area contributed by atoms with Crippen LogP contribution in [0.4, 0.5) is 0 Å². The first-order valence-corrected chi connectivity index (χ1v) is 2.94. The molecule has 0 aliphatic heterocycles. The SMILES string of the molecule is CCCC(C)N[C]=O. The lowest BCUT2D eigenvalue weighted by Gasteiger charge is -2.04. The van der Waals surface area contributed by atoms with Crippen LogP contribution in [-0.4, -0.2) is 12.5 Å². The van der Waals surface area contributed by atoms with Gasteiger partial charge >= 0.3 is 6.41 Å². The molecule has 0 aliphatic rings. The lowest BCUT2D eigenvalue weighted by atomic mass is 10.2. The molecule has 0 fully saturated rings. The zero-order chi connectivity index (χ0) is 6.41. The Morgan fingerprint density at radius 1 is 1.75 bits per heavy atom. The van der Waals surface area contributed by atoms with Gasteiger partial charge in [0.25, 0.3) is 0 Å². The normalized spacial score (nSPS) is 12.8. The van der Waals surface area contributed by atoms with Crippen LogP contribution in [0, 0.1) is 0 Å². The maximum atomic E-state index is 9.65. The molecule has 2 nitrogen and oxygen atoms in total. The van der Waals surface area contributed by atoms with Crippen LogP contribution in [0.3, 0.4) is 0 Å². The monoisotopic (exact) mass is 114 g/mol. The second-order valence-electron chi connectivity index (χ2n) is 1.94. The lowest BCUT2D eigenvalue weighted by Crippen LogP contribution is -2.23. The maximum Gasteiger partial charge on any atom is 0.309 e. The molecule has 47 valence electrons. The van der Waals surface area contributed by atoms with Crippen LogP contribution < -0.4 is 5.32 Å². The molecule has 0 rings (SSSR count). The van der Waals surface area contributed by atoms with Crippen molar-refractivity contribution in [2.24, 2.45) is 0 Å². The first kappa shape index (κ1) is 7.47. The Labute approximate surface area is 50.3 Å². The molecule has 0 aromatic carbocycles. The van der Waals surface area contributed by atoms with Crippen LogP contribution in [0.5, 0.6) is 0 Å². The van der Waals surface area contributed by atoms with Crippen molar-refractivity contribution in [2.45, 2.75) is 32.7 Å². The fourth-order valence-corrected chi connectivity index (χ4v) is 0.606. The summed E-state index contributed by atoms with van der Waals surface area (Å²) in [5, 5.41) is 2.54. The van der Waals surface area contributed by atoms with E-state index in [0.29, 0.717) is 0 Å². The third-order valence-electron chi connectivity index (χ3n) is 1.03. The Morgan fingerprint density at radius 3 is 2.75 bits per heavy atom. The second kappa shape index (κ2) is 4.62. The van der Waals surface area contributed by atoms with E-state index in [-0.39, 0.29) is 6.04 Å². The highest BCUT2D eigenvalue weighted by molar-refractivity contribution is 5.47. The summed E-state index contributed by atoms with van der Waals surface area (Å²) in [5.41, 5.74) is 0. The molecule has 0 heterocycles. The topological polar surface area (TPSA) is 29.1 Å². The van der Waals surface area contributed by atoms with Gasteiger partial charge in [0.05, 0.1) is 0 Å². The average molecular weight is 114 g/mol. The van der Waals surface area contributed by atoms with Gasteiger partial charge in [-0.25, -0.2) is 0 Å². The van der Waals surface area contributed by atoms with Crippen LogP contribution >= 0.6 is 0 Å². The molecule has 1 unspecified atom stereocenters. The first-order chi connectivity index (χ1) is 3.81. The highest BCUT2D eigenvalue weighted by atomic mass is 16.1. The van der Waals surface area contributed by atoms with Crippen molar-refractivity contribution in [3.8, 4) is 0 Å². The molecule has 0 bridgehead atoms. The van der Waals surface area contributed by atoms with Gasteiger partial charge in [-0.3, -0.25) is 4.79 Å². The van der Waals surface area contributed by atoms with Crippen molar-refractivity contribution in [1.29, 1.82) is 0 Å². The summed E-state index contributed by atoms with van der Waals surface area (Å²) in [4.78, 5) is 9.65. The summed E-state index contributed by atoms with van der Waals surface area (Å²) in [6, 6.07) is 0.289. The minimum absolute atomic E-state index is 0.289. The molecule has 1 atom stereocenters. The third kappa shape index (κ3) is 3.65. The van der Waals surface area contributed by atoms with Crippen LogP contribution in [0.2, 0.25) is 0 Å². The van der Waals surface area contributed by atoms with Crippen LogP contribution in [0.15, 0.2) is 0 Å². The molecule has 0 aromatic heterocycles. The molecule has 8 heavy (non-hydrogen) atoms. The van der Waals surface area contributed by atoms with Gasteiger partial charge in [-0.2, -0.15) is 0 Å². The van der Waals surface area contributed by atoms with E-state index in [0.717, 1.165) is 12.8 Å². The van der Waals surface area contributed by atoms with Gasteiger partial charge in [0.15, 0.2) is 0 Å². The standard InChI is InChI=1S/C6H12NO/c1-3-4-6(2)7-5-8/h6H,3-4H2,1-2H3,(H,7,8). The van der Waals surface area contributed by atoms with Crippen molar-refractivity contribution < 1.29 is 4.79 Å². The zero-order valence-corrected chi connectivity index (χ0v) is 5.40. The Bertz CT molecular complexity index is 63.5. The quantitative estimate of drug-likeness (QED) is 0.539. The van der Waals surface area contributed by atoms with Crippen LogP contribution in [0.1, 0.15) is 26.7 Å². The third-order valence-corrected chi connectivity index (χ3v) is 1.03.